The van der Waals surface area contributed by atoms with Crippen LogP contribution in [0.15, 0.2) is 4.99 Å². The van der Waals surface area contributed by atoms with E-state index in [9.17, 15) is 0 Å². The van der Waals surface area contributed by atoms with Crippen LogP contribution < -0.4 is 5.73 Å². The number of nitrogens with zero attached hydrogens (tertiary/aromatic N) is 3. The predicted molar refractivity (Wildman–Crippen MR) is 67.5 cm³/mol. The minimum atomic E-state index is 0.575. The van der Waals surface area contributed by atoms with Crippen LogP contribution in [0.5, 0.6) is 0 Å². The largest absolute Gasteiger partial charge is 0.370 e. The van der Waals surface area contributed by atoms with Crippen molar-refractivity contribution in [1.82, 2.24) is 9.80 Å². The molecule has 0 saturated heterocycles. The van der Waals surface area contributed by atoms with Crippen LogP contribution in [0.3, 0.4) is 0 Å². The normalized spacial score (nSPS) is 23.6. The summed E-state index contributed by atoms with van der Waals surface area (Å²) in [5.41, 5.74) is 5.98. The van der Waals surface area contributed by atoms with Crippen LogP contribution in [0.1, 0.15) is 25.7 Å². The molecular formula is C12H24N4. The van der Waals surface area contributed by atoms with Crippen molar-refractivity contribution in [3.63, 3.8) is 0 Å². The lowest BCUT2D eigenvalue weighted by Gasteiger charge is -2.23. The predicted octanol–water partition coefficient (Wildman–Crippen LogP) is 0.736. The third-order valence-electron chi connectivity index (χ3n) is 3.73. The van der Waals surface area contributed by atoms with E-state index in [4.69, 9.17) is 5.73 Å². The number of nitrogens with two attached hydrogens (primary N) is 1. The topological polar surface area (TPSA) is 44.9 Å². The molecule has 0 aliphatic heterocycles. The Bertz CT molecular complexity index is 264. The van der Waals surface area contributed by atoms with Crippen LogP contribution in [0.4, 0.5) is 0 Å². The van der Waals surface area contributed by atoms with Gasteiger partial charge in [-0.2, -0.15) is 0 Å². The zero-order chi connectivity index (χ0) is 11.7. The first kappa shape index (κ1) is 11.7. The lowest BCUT2D eigenvalue weighted by Crippen LogP contribution is -2.38. The Morgan fingerprint density at radius 2 is 1.88 bits per heavy atom. The van der Waals surface area contributed by atoms with Gasteiger partial charge in [-0.15, -0.1) is 0 Å². The SMILES string of the molecule is CN(C)C(CN=C(N)N(C)C1CC1)C1CC1. The second-order valence-corrected chi connectivity index (χ2v) is 5.41. The first-order valence-electron chi connectivity index (χ1n) is 6.28. The molecule has 2 N–H and O–H groups in total. The molecule has 16 heavy (non-hydrogen) atoms. The molecule has 1 atom stereocenters. The minimum Gasteiger partial charge on any atom is -0.370 e. The molecule has 0 amide bonds. The fourth-order valence-corrected chi connectivity index (χ4v) is 2.16. The molecule has 4 nitrogen and oxygen atoms in total. The summed E-state index contributed by atoms with van der Waals surface area (Å²) in [4.78, 5) is 8.95. The number of guanidine groups is 1. The Labute approximate surface area is 98.5 Å². The number of hydrogen-bond donors (Lipinski definition) is 1. The van der Waals surface area contributed by atoms with E-state index in [0.717, 1.165) is 18.4 Å². The molecule has 2 rings (SSSR count). The van der Waals surface area contributed by atoms with Crippen molar-refractivity contribution < 1.29 is 0 Å². The summed E-state index contributed by atoms with van der Waals surface area (Å²) in [6.45, 7) is 0.848. The van der Waals surface area contributed by atoms with Crippen LogP contribution in [0.2, 0.25) is 0 Å². The molecule has 1 unspecified atom stereocenters. The first-order chi connectivity index (χ1) is 7.59. The Kier molecular flexibility index (Phi) is 3.38. The molecule has 92 valence electrons. The van der Waals surface area contributed by atoms with Gasteiger partial charge in [-0.05, 0) is 45.7 Å². The Morgan fingerprint density at radius 1 is 1.25 bits per heavy atom. The molecule has 0 heterocycles. The van der Waals surface area contributed by atoms with Crippen molar-refractivity contribution in [2.75, 3.05) is 27.7 Å². The number of aliphatic imine (C=N–C) groups is 1. The van der Waals surface area contributed by atoms with Gasteiger partial charge < -0.3 is 15.5 Å². The van der Waals surface area contributed by atoms with Gasteiger partial charge >= 0.3 is 0 Å². The van der Waals surface area contributed by atoms with E-state index in [1.807, 2.05) is 0 Å². The third-order valence-corrected chi connectivity index (χ3v) is 3.73. The van der Waals surface area contributed by atoms with E-state index in [0.29, 0.717) is 12.1 Å². The van der Waals surface area contributed by atoms with Gasteiger partial charge in [0.05, 0.1) is 6.54 Å². The summed E-state index contributed by atoms with van der Waals surface area (Å²) in [5, 5.41) is 0. The monoisotopic (exact) mass is 224 g/mol. The summed E-state index contributed by atoms with van der Waals surface area (Å²) in [5.74, 6) is 1.56. The summed E-state index contributed by atoms with van der Waals surface area (Å²) in [6.07, 6.45) is 5.26. The van der Waals surface area contributed by atoms with Crippen molar-refractivity contribution in [2.45, 2.75) is 37.8 Å². The van der Waals surface area contributed by atoms with Gasteiger partial charge in [0.1, 0.15) is 0 Å². The average molecular weight is 224 g/mol. The molecule has 0 spiro atoms. The molecule has 2 saturated carbocycles. The highest BCUT2D eigenvalue weighted by atomic mass is 15.3. The second-order valence-electron chi connectivity index (χ2n) is 5.41. The zero-order valence-corrected chi connectivity index (χ0v) is 10.7. The summed E-state index contributed by atoms with van der Waals surface area (Å²) < 4.78 is 0. The molecule has 0 aromatic heterocycles. The molecular weight excluding hydrogens is 200 g/mol. The smallest absolute Gasteiger partial charge is 0.191 e. The highest BCUT2D eigenvalue weighted by Gasteiger charge is 2.33. The van der Waals surface area contributed by atoms with Crippen LogP contribution in [-0.4, -0.2) is 55.5 Å². The van der Waals surface area contributed by atoms with Gasteiger partial charge in [0, 0.05) is 19.1 Å². The maximum atomic E-state index is 5.98. The number of rotatable bonds is 5. The lowest BCUT2D eigenvalue weighted by atomic mass is 10.2. The van der Waals surface area contributed by atoms with E-state index in [1.165, 1.54) is 25.7 Å². The van der Waals surface area contributed by atoms with Crippen molar-refractivity contribution in [3.05, 3.63) is 0 Å². The van der Waals surface area contributed by atoms with E-state index in [1.54, 1.807) is 0 Å². The van der Waals surface area contributed by atoms with Crippen LogP contribution >= 0.6 is 0 Å². The zero-order valence-electron chi connectivity index (χ0n) is 10.7. The average Bonchev–Trinajstić information content (AvgIpc) is 3.07. The van der Waals surface area contributed by atoms with Crippen molar-refractivity contribution in [2.24, 2.45) is 16.6 Å². The van der Waals surface area contributed by atoms with Gasteiger partial charge in [0.2, 0.25) is 0 Å². The van der Waals surface area contributed by atoms with E-state index >= 15 is 0 Å². The summed E-state index contributed by atoms with van der Waals surface area (Å²) in [7, 11) is 6.33. The highest BCUT2D eigenvalue weighted by Crippen LogP contribution is 2.34. The maximum absolute atomic E-state index is 5.98. The molecule has 0 radical (unpaired) electrons. The van der Waals surface area contributed by atoms with E-state index in [-0.39, 0.29) is 0 Å². The number of likely N-dealkylation sites (N-methyl/N-ethyl adjacent to an activating group) is 1. The van der Waals surface area contributed by atoms with Crippen molar-refractivity contribution >= 4 is 5.96 Å². The Hall–Kier alpha value is -0.770. The quantitative estimate of drug-likeness (QED) is 0.553. The molecule has 0 aromatic carbocycles. The number of hydrogen-bond acceptors (Lipinski definition) is 2. The van der Waals surface area contributed by atoms with Gasteiger partial charge in [-0.1, -0.05) is 0 Å². The summed E-state index contributed by atoms with van der Waals surface area (Å²) >= 11 is 0. The molecule has 2 aliphatic rings. The van der Waals surface area contributed by atoms with Crippen LogP contribution in [-0.2, 0) is 0 Å². The van der Waals surface area contributed by atoms with Gasteiger partial charge in [-0.25, -0.2) is 0 Å². The van der Waals surface area contributed by atoms with E-state index in [2.05, 4.69) is 35.9 Å². The molecule has 4 heteroatoms. The standard InChI is InChI=1S/C12H24N4/c1-15(2)11(9-4-5-9)8-14-12(13)16(3)10-6-7-10/h9-11H,4-8H2,1-3H3,(H2,13,14). The molecule has 2 aliphatic carbocycles. The van der Waals surface area contributed by atoms with Crippen LogP contribution in [0.25, 0.3) is 0 Å². The Balaban J connectivity index is 1.84. The summed E-state index contributed by atoms with van der Waals surface area (Å²) in [6, 6.07) is 1.23. The van der Waals surface area contributed by atoms with Gasteiger partial charge in [0.25, 0.3) is 0 Å². The van der Waals surface area contributed by atoms with Gasteiger partial charge in [0.15, 0.2) is 5.96 Å². The van der Waals surface area contributed by atoms with Crippen molar-refractivity contribution in [1.29, 1.82) is 0 Å². The molecule has 0 aromatic rings. The van der Waals surface area contributed by atoms with Gasteiger partial charge in [-0.3, -0.25) is 4.99 Å². The fraction of sp³-hybridized carbons (Fsp3) is 0.917. The van der Waals surface area contributed by atoms with E-state index < -0.39 is 0 Å². The first-order valence-corrected chi connectivity index (χ1v) is 6.28. The second kappa shape index (κ2) is 4.62. The molecule has 2 fully saturated rings. The fourth-order valence-electron chi connectivity index (χ4n) is 2.16. The maximum Gasteiger partial charge on any atom is 0.191 e. The third kappa shape index (κ3) is 2.88. The lowest BCUT2D eigenvalue weighted by molar-refractivity contribution is 0.270. The molecule has 0 bridgehead atoms. The Morgan fingerprint density at radius 3 is 2.31 bits per heavy atom. The minimum absolute atomic E-state index is 0.575. The highest BCUT2D eigenvalue weighted by molar-refractivity contribution is 5.78. The van der Waals surface area contributed by atoms with Crippen LogP contribution in [0, 0.1) is 5.92 Å². The van der Waals surface area contributed by atoms with Crippen molar-refractivity contribution in [3.8, 4) is 0 Å².